The van der Waals surface area contributed by atoms with Gasteiger partial charge in [-0.15, -0.1) is 0 Å². The minimum atomic E-state index is -0.941. The van der Waals surface area contributed by atoms with Crippen LogP contribution in [0.25, 0.3) is 0 Å². The molecule has 156 valence electrons. The number of amides is 2. The molecule has 3 atom stereocenters. The number of anilines is 2. The fourth-order valence-corrected chi connectivity index (χ4v) is 4.53. The van der Waals surface area contributed by atoms with Crippen LogP contribution in [0, 0.1) is 25.6 Å². The molecular weight excluding hydrogens is 395 g/mol. The van der Waals surface area contributed by atoms with Gasteiger partial charge >= 0.3 is 0 Å². The van der Waals surface area contributed by atoms with Crippen molar-refractivity contribution in [2.75, 3.05) is 9.96 Å². The van der Waals surface area contributed by atoms with Crippen LogP contribution in [0.1, 0.15) is 22.7 Å². The van der Waals surface area contributed by atoms with E-state index in [9.17, 15) is 14.0 Å². The smallest absolute Gasteiger partial charge is 0.266 e. The number of carbonyl (C=O) groups excluding carboxylic acids is 2. The van der Waals surface area contributed by atoms with Crippen LogP contribution in [0.2, 0.25) is 0 Å². The van der Waals surface area contributed by atoms with Crippen LogP contribution in [-0.4, -0.2) is 17.9 Å². The predicted molar refractivity (Wildman–Crippen MR) is 115 cm³/mol. The predicted octanol–water partition coefficient (Wildman–Crippen LogP) is 4.49. The molecule has 2 heterocycles. The number of aryl methyl sites for hydroxylation is 2. The number of halogens is 1. The summed E-state index contributed by atoms with van der Waals surface area (Å²) in [6, 6.07) is 20.4. The molecule has 2 aliphatic rings. The van der Waals surface area contributed by atoms with Crippen LogP contribution < -0.4 is 9.96 Å². The van der Waals surface area contributed by atoms with Crippen molar-refractivity contribution in [3.63, 3.8) is 0 Å². The first-order valence-corrected chi connectivity index (χ1v) is 10.2. The number of rotatable bonds is 3. The van der Waals surface area contributed by atoms with E-state index in [2.05, 4.69) is 6.07 Å². The van der Waals surface area contributed by atoms with E-state index in [0.29, 0.717) is 5.69 Å². The third kappa shape index (κ3) is 3.11. The molecule has 0 saturated carbocycles. The van der Waals surface area contributed by atoms with Gasteiger partial charge in [0.05, 0.1) is 17.4 Å². The number of hydrogen-bond acceptors (Lipinski definition) is 4. The summed E-state index contributed by atoms with van der Waals surface area (Å²) in [4.78, 5) is 34.0. The first-order chi connectivity index (χ1) is 15.0. The van der Waals surface area contributed by atoms with Gasteiger partial charge in [0.1, 0.15) is 11.7 Å². The lowest BCUT2D eigenvalue weighted by atomic mass is 9.87. The van der Waals surface area contributed by atoms with Gasteiger partial charge in [0.15, 0.2) is 6.10 Å². The SMILES string of the molecule is Cc1ccc([C@@H]2[C@H]3C(=O)N(c4ccc(F)cc4)C(=O)[C@H]3ON2c2ccccc2)c(C)c1. The largest absolute Gasteiger partial charge is 0.273 e. The molecule has 0 radical (unpaired) electrons. The Labute approximate surface area is 179 Å². The molecule has 5 nitrogen and oxygen atoms in total. The molecule has 2 aliphatic heterocycles. The van der Waals surface area contributed by atoms with E-state index < -0.39 is 29.8 Å². The fourth-order valence-electron chi connectivity index (χ4n) is 4.53. The maximum absolute atomic E-state index is 13.5. The van der Waals surface area contributed by atoms with Gasteiger partial charge in [-0.25, -0.2) is 14.4 Å². The number of hydrogen-bond donors (Lipinski definition) is 0. The zero-order valence-electron chi connectivity index (χ0n) is 17.2. The van der Waals surface area contributed by atoms with Gasteiger partial charge in [0.2, 0.25) is 5.91 Å². The molecule has 0 unspecified atom stereocenters. The molecule has 2 amide bonds. The lowest BCUT2D eigenvalue weighted by Gasteiger charge is -2.29. The van der Waals surface area contributed by atoms with Gasteiger partial charge in [0, 0.05) is 0 Å². The molecule has 3 aromatic carbocycles. The summed E-state index contributed by atoms with van der Waals surface area (Å²) in [5.74, 6) is -1.92. The highest BCUT2D eigenvalue weighted by molar-refractivity contribution is 6.23. The topological polar surface area (TPSA) is 49.9 Å². The minimum absolute atomic E-state index is 0.343. The van der Waals surface area contributed by atoms with Crippen LogP contribution in [0.3, 0.4) is 0 Å². The van der Waals surface area contributed by atoms with Crippen LogP contribution in [0.4, 0.5) is 15.8 Å². The van der Waals surface area contributed by atoms with Crippen LogP contribution in [0.15, 0.2) is 72.8 Å². The first kappa shape index (κ1) is 19.5. The van der Waals surface area contributed by atoms with Crippen molar-refractivity contribution in [2.24, 2.45) is 5.92 Å². The Hall–Kier alpha value is -3.51. The Bertz CT molecular complexity index is 1160. The number of hydroxylamine groups is 1. The summed E-state index contributed by atoms with van der Waals surface area (Å²) >= 11 is 0. The van der Waals surface area contributed by atoms with Gasteiger partial charge in [-0.3, -0.25) is 14.4 Å². The average molecular weight is 416 g/mol. The third-order valence-electron chi connectivity index (χ3n) is 5.95. The molecule has 6 heteroatoms. The van der Waals surface area contributed by atoms with E-state index >= 15 is 0 Å². The highest BCUT2D eigenvalue weighted by atomic mass is 19.1. The van der Waals surface area contributed by atoms with Gasteiger partial charge in [0.25, 0.3) is 5.91 Å². The fraction of sp³-hybridized carbons (Fsp3) is 0.200. The molecule has 0 bridgehead atoms. The third-order valence-corrected chi connectivity index (χ3v) is 5.95. The van der Waals surface area contributed by atoms with Crippen LogP contribution >= 0.6 is 0 Å². The zero-order chi connectivity index (χ0) is 21.7. The summed E-state index contributed by atoms with van der Waals surface area (Å²) in [5.41, 5.74) is 4.19. The van der Waals surface area contributed by atoms with Crippen molar-refractivity contribution in [1.29, 1.82) is 0 Å². The van der Waals surface area contributed by atoms with E-state index in [4.69, 9.17) is 4.84 Å². The second kappa shape index (κ2) is 7.32. The highest BCUT2D eigenvalue weighted by Gasteiger charge is 2.60. The van der Waals surface area contributed by atoms with Crippen molar-refractivity contribution in [3.05, 3.63) is 95.3 Å². The Morgan fingerprint density at radius 3 is 2.23 bits per heavy atom. The number of imide groups is 1. The van der Waals surface area contributed by atoms with Gasteiger partial charge in [-0.05, 0) is 61.4 Å². The first-order valence-electron chi connectivity index (χ1n) is 10.2. The van der Waals surface area contributed by atoms with Gasteiger partial charge < -0.3 is 0 Å². The second-order valence-corrected chi connectivity index (χ2v) is 8.01. The van der Waals surface area contributed by atoms with Crippen molar-refractivity contribution in [3.8, 4) is 0 Å². The normalized spacial score (nSPS) is 22.9. The number of nitrogens with zero attached hydrogens (tertiary/aromatic N) is 2. The van der Waals surface area contributed by atoms with Crippen molar-refractivity contribution in [2.45, 2.75) is 26.0 Å². The van der Waals surface area contributed by atoms with Crippen molar-refractivity contribution >= 4 is 23.2 Å². The lowest BCUT2D eigenvalue weighted by molar-refractivity contribution is -0.126. The van der Waals surface area contributed by atoms with Crippen LogP contribution in [0.5, 0.6) is 0 Å². The summed E-state index contributed by atoms with van der Waals surface area (Å²) in [5, 5.41) is 1.69. The van der Waals surface area contributed by atoms with Gasteiger partial charge in [-0.2, -0.15) is 0 Å². The van der Waals surface area contributed by atoms with E-state index in [1.165, 1.54) is 24.3 Å². The number of benzene rings is 3. The Morgan fingerprint density at radius 2 is 1.55 bits per heavy atom. The van der Waals surface area contributed by atoms with Crippen LogP contribution in [-0.2, 0) is 14.4 Å². The molecule has 2 fully saturated rings. The van der Waals surface area contributed by atoms with E-state index in [1.54, 1.807) is 5.06 Å². The monoisotopic (exact) mass is 416 g/mol. The summed E-state index contributed by atoms with van der Waals surface area (Å²) in [6.07, 6.45) is -0.941. The quantitative estimate of drug-likeness (QED) is 0.590. The number of fused-ring (bicyclic) bond motifs is 1. The molecule has 2 saturated heterocycles. The molecule has 3 aromatic rings. The molecule has 31 heavy (non-hydrogen) atoms. The van der Waals surface area contributed by atoms with Crippen molar-refractivity contribution < 1.29 is 18.8 Å². The molecule has 0 aliphatic carbocycles. The highest BCUT2D eigenvalue weighted by Crippen LogP contribution is 2.48. The lowest BCUT2D eigenvalue weighted by Crippen LogP contribution is -2.37. The Kier molecular flexibility index (Phi) is 4.59. The Morgan fingerprint density at radius 1 is 0.839 bits per heavy atom. The summed E-state index contributed by atoms with van der Waals surface area (Å²) in [7, 11) is 0. The van der Waals surface area contributed by atoms with E-state index in [0.717, 1.165) is 27.3 Å². The van der Waals surface area contributed by atoms with Crippen molar-refractivity contribution in [1.82, 2.24) is 0 Å². The maximum Gasteiger partial charge on any atom is 0.266 e. The molecule has 0 aromatic heterocycles. The minimum Gasteiger partial charge on any atom is -0.273 e. The average Bonchev–Trinajstić information content (AvgIpc) is 3.26. The zero-order valence-corrected chi connectivity index (χ0v) is 17.2. The summed E-state index contributed by atoms with van der Waals surface area (Å²) in [6.45, 7) is 4.01. The molecule has 0 spiro atoms. The summed E-state index contributed by atoms with van der Waals surface area (Å²) < 4.78 is 13.4. The van der Waals surface area contributed by atoms with E-state index in [-0.39, 0.29) is 5.91 Å². The number of carbonyl (C=O) groups is 2. The second-order valence-electron chi connectivity index (χ2n) is 8.01. The Balaban J connectivity index is 1.61. The molecule has 0 N–H and O–H groups in total. The maximum atomic E-state index is 13.5. The van der Waals surface area contributed by atoms with E-state index in [1.807, 2.05) is 56.3 Å². The standard InChI is InChI=1S/C25H21FN2O3/c1-15-8-13-20(16(2)14-15)22-21-23(31-28(22)19-6-4-3-5-7-19)25(30)27(24(21)29)18-11-9-17(26)10-12-18/h3-14,21-23H,1-2H3/t21-,22-,23+/m1/s1. The number of para-hydroxylation sites is 1. The molecular formula is C25H21FN2O3. The van der Waals surface area contributed by atoms with Gasteiger partial charge in [-0.1, -0.05) is 42.0 Å². The molecule has 5 rings (SSSR count).